The molecule has 0 spiro atoms. The molecule has 2 amide bonds. The van der Waals surface area contributed by atoms with Gasteiger partial charge in [0.25, 0.3) is 0 Å². The molecule has 1 aliphatic carbocycles. The number of pyridine rings is 1. The van der Waals surface area contributed by atoms with Crippen molar-refractivity contribution in [1.29, 1.82) is 0 Å². The van der Waals surface area contributed by atoms with Crippen molar-refractivity contribution in [2.24, 2.45) is 5.92 Å². The van der Waals surface area contributed by atoms with E-state index in [4.69, 9.17) is 0 Å². The molecular weight excluding hydrogens is 422 g/mol. The van der Waals surface area contributed by atoms with E-state index in [0.717, 1.165) is 31.2 Å². The second-order valence-corrected chi connectivity index (χ2v) is 9.73. The summed E-state index contributed by atoms with van der Waals surface area (Å²) in [5.41, 5.74) is 2.43. The highest BCUT2D eigenvalue weighted by Crippen LogP contribution is 2.34. The van der Waals surface area contributed by atoms with Crippen molar-refractivity contribution in [2.45, 2.75) is 57.5 Å². The SMILES string of the molecule is Cc1ccc(N(C(=O)[C@H]2CSC(=O)C2)[C@@H](C(=O)NC2CCCCC2)c2ccncc2)cc1. The number of rotatable bonds is 6. The van der Waals surface area contributed by atoms with Gasteiger partial charge in [-0.25, -0.2) is 0 Å². The Morgan fingerprint density at radius 2 is 1.75 bits per heavy atom. The maximum atomic E-state index is 13.8. The summed E-state index contributed by atoms with van der Waals surface area (Å²) in [4.78, 5) is 45.0. The molecule has 2 aliphatic rings. The lowest BCUT2D eigenvalue weighted by Gasteiger charge is -2.34. The summed E-state index contributed by atoms with van der Waals surface area (Å²) in [5, 5.41) is 3.24. The average Bonchev–Trinajstić information content (AvgIpc) is 3.25. The first-order valence-corrected chi connectivity index (χ1v) is 12.3. The fourth-order valence-corrected chi connectivity index (χ4v) is 5.43. The second kappa shape index (κ2) is 10.3. The lowest BCUT2D eigenvalue weighted by Crippen LogP contribution is -2.49. The molecular formula is C25H29N3O3S. The molecule has 2 heterocycles. The Morgan fingerprint density at radius 1 is 1.06 bits per heavy atom. The first kappa shape index (κ1) is 22.5. The molecule has 6 nitrogen and oxygen atoms in total. The molecule has 168 valence electrons. The van der Waals surface area contributed by atoms with Crippen LogP contribution in [0.4, 0.5) is 5.69 Å². The van der Waals surface area contributed by atoms with Gasteiger partial charge in [0.1, 0.15) is 6.04 Å². The lowest BCUT2D eigenvalue weighted by molar-refractivity contribution is -0.129. The third-order valence-corrected chi connectivity index (χ3v) is 7.30. The number of hydrogen-bond donors (Lipinski definition) is 1. The molecule has 0 radical (unpaired) electrons. The van der Waals surface area contributed by atoms with Crippen LogP contribution in [0.3, 0.4) is 0 Å². The van der Waals surface area contributed by atoms with Gasteiger partial charge in [0.05, 0.1) is 5.92 Å². The van der Waals surface area contributed by atoms with Gasteiger partial charge in [-0.05, 0) is 49.6 Å². The standard InChI is InChI=1S/C25H29N3O3S/c1-17-7-9-21(10-8-17)28(25(31)19-15-22(29)32-16-19)23(18-11-13-26-14-12-18)24(30)27-20-5-3-2-4-6-20/h7-14,19-20,23H,2-6,15-16H2,1H3,(H,27,30)/t19-,23-/m1/s1. The first-order chi connectivity index (χ1) is 15.5. The molecule has 1 aromatic carbocycles. The van der Waals surface area contributed by atoms with E-state index >= 15 is 0 Å². The number of amides is 2. The molecule has 0 unspecified atom stereocenters. The number of nitrogens with zero attached hydrogens (tertiary/aromatic N) is 2. The Bertz CT molecular complexity index is 958. The van der Waals surface area contributed by atoms with Gasteiger partial charge in [-0.2, -0.15) is 0 Å². The molecule has 7 heteroatoms. The summed E-state index contributed by atoms with van der Waals surface area (Å²) in [6.07, 6.45) is 8.81. The van der Waals surface area contributed by atoms with Crippen molar-refractivity contribution in [3.63, 3.8) is 0 Å². The molecule has 1 aromatic heterocycles. The summed E-state index contributed by atoms with van der Waals surface area (Å²) in [7, 11) is 0. The summed E-state index contributed by atoms with van der Waals surface area (Å²) >= 11 is 1.20. The maximum Gasteiger partial charge on any atom is 0.248 e. The van der Waals surface area contributed by atoms with Crippen molar-refractivity contribution in [3.05, 3.63) is 59.9 Å². The normalized spacial score (nSPS) is 20.0. The minimum atomic E-state index is -0.823. The largest absolute Gasteiger partial charge is 0.351 e. The summed E-state index contributed by atoms with van der Waals surface area (Å²) in [6, 6.07) is 10.5. The number of hydrogen-bond acceptors (Lipinski definition) is 5. The molecule has 2 aromatic rings. The average molecular weight is 452 g/mol. The third kappa shape index (κ3) is 5.21. The molecule has 4 rings (SSSR count). The summed E-state index contributed by atoms with van der Waals surface area (Å²) < 4.78 is 0. The molecule has 2 atom stereocenters. The van der Waals surface area contributed by atoms with E-state index in [1.807, 2.05) is 31.2 Å². The zero-order valence-electron chi connectivity index (χ0n) is 18.3. The zero-order valence-corrected chi connectivity index (χ0v) is 19.1. The number of nitrogens with one attached hydrogen (secondary N) is 1. The van der Waals surface area contributed by atoms with Crippen molar-refractivity contribution in [1.82, 2.24) is 10.3 Å². The highest BCUT2D eigenvalue weighted by atomic mass is 32.2. The van der Waals surface area contributed by atoms with Gasteiger partial charge in [-0.3, -0.25) is 24.3 Å². The van der Waals surface area contributed by atoms with E-state index in [-0.39, 0.29) is 29.4 Å². The summed E-state index contributed by atoms with van der Waals surface area (Å²) in [6.45, 7) is 1.98. The van der Waals surface area contributed by atoms with Crippen molar-refractivity contribution >= 4 is 34.4 Å². The highest BCUT2D eigenvalue weighted by molar-refractivity contribution is 8.14. The van der Waals surface area contributed by atoms with Gasteiger partial charge in [-0.15, -0.1) is 0 Å². The Balaban J connectivity index is 1.73. The second-order valence-electron chi connectivity index (χ2n) is 8.65. The zero-order chi connectivity index (χ0) is 22.5. The van der Waals surface area contributed by atoms with Crippen molar-refractivity contribution < 1.29 is 14.4 Å². The van der Waals surface area contributed by atoms with Crippen LogP contribution in [-0.2, 0) is 14.4 Å². The van der Waals surface area contributed by atoms with Gasteiger partial charge in [-0.1, -0.05) is 48.7 Å². The predicted octanol–water partition coefficient (Wildman–Crippen LogP) is 4.19. The number of benzene rings is 1. The van der Waals surface area contributed by atoms with Gasteiger partial charge in [0.2, 0.25) is 11.8 Å². The number of thioether (sulfide) groups is 1. The van der Waals surface area contributed by atoms with Crippen LogP contribution in [0.1, 0.15) is 55.7 Å². The predicted molar refractivity (Wildman–Crippen MR) is 126 cm³/mol. The van der Waals surface area contributed by atoms with Gasteiger partial charge < -0.3 is 5.32 Å². The Hall–Kier alpha value is -2.67. The van der Waals surface area contributed by atoms with Crippen LogP contribution < -0.4 is 10.2 Å². The van der Waals surface area contributed by atoms with Crippen LogP contribution in [0.2, 0.25) is 0 Å². The lowest BCUT2D eigenvalue weighted by atomic mass is 9.94. The van der Waals surface area contributed by atoms with E-state index in [9.17, 15) is 14.4 Å². The highest BCUT2D eigenvalue weighted by Gasteiger charge is 2.39. The topological polar surface area (TPSA) is 79.4 Å². The summed E-state index contributed by atoms with van der Waals surface area (Å²) in [5.74, 6) is -0.352. The molecule has 1 aliphatic heterocycles. The van der Waals surface area contributed by atoms with Crippen LogP contribution in [0.25, 0.3) is 0 Å². The number of anilines is 1. The van der Waals surface area contributed by atoms with E-state index in [2.05, 4.69) is 10.3 Å². The number of aryl methyl sites for hydroxylation is 1. The smallest absolute Gasteiger partial charge is 0.248 e. The number of aromatic nitrogens is 1. The quantitative estimate of drug-likeness (QED) is 0.712. The van der Waals surface area contributed by atoms with E-state index < -0.39 is 12.0 Å². The molecule has 32 heavy (non-hydrogen) atoms. The Morgan fingerprint density at radius 3 is 2.38 bits per heavy atom. The van der Waals surface area contributed by atoms with Crippen molar-refractivity contribution in [2.75, 3.05) is 10.7 Å². The fraction of sp³-hybridized carbons (Fsp3) is 0.440. The fourth-order valence-electron chi connectivity index (χ4n) is 4.47. The van der Waals surface area contributed by atoms with Crippen LogP contribution in [0.5, 0.6) is 0 Å². The minimum Gasteiger partial charge on any atom is -0.351 e. The van der Waals surface area contributed by atoms with Crippen LogP contribution in [0, 0.1) is 12.8 Å². The van der Waals surface area contributed by atoms with E-state index in [1.165, 1.54) is 18.2 Å². The van der Waals surface area contributed by atoms with E-state index in [0.29, 0.717) is 17.0 Å². The number of carbonyl (C=O) groups is 3. The molecule has 0 bridgehead atoms. The molecule has 1 saturated heterocycles. The third-order valence-electron chi connectivity index (χ3n) is 6.24. The van der Waals surface area contributed by atoms with Crippen LogP contribution >= 0.6 is 11.8 Å². The van der Waals surface area contributed by atoms with Gasteiger partial charge in [0.15, 0.2) is 5.12 Å². The van der Waals surface area contributed by atoms with Crippen LogP contribution in [0.15, 0.2) is 48.8 Å². The van der Waals surface area contributed by atoms with Crippen LogP contribution in [-0.4, -0.2) is 33.7 Å². The van der Waals surface area contributed by atoms with Gasteiger partial charge >= 0.3 is 0 Å². The molecule has 1 saturated carbocycles. The molecule has 1 N–H and O–H groups in total. The maximum absolute atomic E-state index is 13.8. The Labute approximate surface area is 193 Å². The first-order valence-electron chi connectivity index (χ1n) is 11.3. The van der Waals surface area contributed by atoms with E-state index in [1.54, 1.807) is 29.4 Å². The Kier molecular flexibility index (Phi) is 7.25. The minimum absolute atomic E-state index is 0.0272. The molecule has 2 fully saturated rings. The van der Waals surface area contributed by atoms with Crippen molar-refractivity contribution in [3.8, 4) is 0 Å². The number of carbonyl (C=O) groups excluding carboxylic acids is 3. The monoisotopic (exact) mass is 451 g/mol. The van der Waals surface area contributed by atoms with Gasteiger partial charge in [0, 0.05) is 36.3 Å².